The van der Waals surface area contributed by atoms with Crippen molar-refractivity contribution in [1.29, 1.82) is 0 Å². The lowest BCUT2D eigenvalue weighted by atomic mass is 9.64. The minimum Gasteiger partial charge on any atom is -0.496 e. The second-order valence-corrected chi connectivity index (χ2v) is 13.6. The van der Waals surface area contributed by atoms with Gasteiger partial charge in [0, 0.05) is 56.8 Å². The lowest BCUT2D eigenvalue weighted by Gasteiger charge is -2.38. The van der Waals surface area contributed by atoms with E-state index in [4.69, 9.17) is 15.2 Å². The molecule has 1 amide bonds. The maximum Gasteiger partial charge on any atom is 0.232 e. The number of nitrogens with zero attached hydrogens (tertiary/aromatic N) is 4. The van der Waals surface area contributed by atoms with Gasteiger partial charge < -0.3 is 25.0 Å². The smallest absolute Gasteiger partial charge is 0.232 e. The van der Waals surface area contributed by atoms with Gasteiger partial charge in [0.1, 0.15) is 11.2 Å². The van der Waals surface area contributed by atoms with Crippen molar-refractivity contribution in [3.63, 3.8) is 0 Å². The fourth-order valence-electron chi connectivity index (χ4n) is 8.11. The van der Waals surface area contributed by atoms with Crippen LogP contribution in [0, 0.1) is 5.92 Å². The Bertz CT molecular complexity index is 1330. The van der Waals surface area contributed by atoms with Crippen LogP contribution in [0.1, 0.15) is 68.6 Å². The summed E-state index contributed by atoms with van der Waals surface area (Å²) < 4.78 is 11.6. The van der Waals surface area contributed by atoms with Gasteiger partial charge in [-0.2, -0.15) is 0 Å². The highest BCUT2D eigenvalue weighted by molar-refractivity contribution is 5.91. The van der Waals surface area contributed by atoms with Gasteiger partial charge in [0.25, 0.3) is 0 Å². The number of ether oxygens (including phenoxy) is 2. The number of amides is 1. The molecule has 2 N–H and O–H groups in total. The first-order valence-electron chi connectivity index (χ1n) is 18.2. The SMILES string of the molecule is CCCN(CCCOCCCCN1CC[C@@H](C(C(N)=O)(c2ccccc2)c2ccccc2)C1)C1CCN(Cc2cnccc2OC)CC1. The Labute approximate surface area is 288 Å². The molecule has 0 aliphatic carbocycles. The largest absolute Gasteiger partial charge is 0.496 e. The molecular weight excluding hydrogens is 598 g/mol. The van der Waals surface area contributed by atoms with Gasteiger partial charge in [0.05, 0.1) is 7.11 Å². The lowest BCUT2D eigenvalue weighted by Crippen LogP contribution is -2.49. The van der Waals surface area contributed by atoms with E-state index in [0.717, 1.165) is 108 Å². The molecule has 48 heavy (non-hydrogen) atoms. The molecule has 3 heterocycles. The van der Waals surface area contributed by atoms with Gasteiger partial charge in [-0.05, 0) is 101 Å². The van der Waals surface area contributed by atoms with Crippen LogP contribution in [0.5, 0.6) is 5.75 Å². The number of rotatable bonds is 19. The fraction of sp³-hybridized carbons (Fsp3) is 0.550. The number of hydrogen-bond acceptors (Lipinski definition) is 7. The van der Waals surface area contributed by atoms with Gasteiger partial charge >= 0.3 is 0 Å². The Kier molecular flexibility index (Phi) is 13.8. The van der Waals surface area contributed by atoms with Crippen molar-refractivity contribution in [3.8, 4) is 5.75 Å². The minimum absolute atomic E-state index is 0.138. The number of benzene rings is 2. The van der Waals surface area contributed by atoms with Gasteiger partial charge in [0.2, 0.25) is 5.91 Å². The van der Waals surface area contributed by atoms with E-state index in [9.17, 15) is 4.79 Å². The number of carbonyl (C=O) groups is 1. The Hall–Kier alpha value is -3.30. The van der Waals surface area contributed by atoms with E-state index in [2.05, 4.69) is 50.9 Å². The van der Waals surface area contributed by atoms with Crippen LogP contribution in [-0.4, -0.2) is 97.8 Å². The van der Waals surface area contributed by atoms with Gasteiger partial charge in [-0.25, -0.2) is 0 Å². The fourth-order valence-corrected chi connectivity index (χ4v) is 8.11. The predicted molar refractivity (Wildman–Crippen MR) is 193 cm³/mol. The average Bonchev–Trinajstić information content (AvgIpc) is 3.59. The summed E-state index contributed by atoms with van der Waals surface area (Å²) in [7, 11) is 1.73. The van der Waals surface area contributed by atoms with Gasteiger partial charge in [-0.3, -0.25) is 14.7 Å². The number of pyridine rings is 1. The van der Waals surface area contributed by atoms with Crippen LogP contribution in [0.3, 0.4) is 0 Å². The summed E-state index contributed by atoms with van der Waals surface area (Å²) in [4.78, 5) is 25.4. The standard InChI is InChI=1S/C40H57N5O3/c1-3-22-45(37-19-26-44(27-20-37)31-33-30-42-21-17-38(33)47-2)24-12-29-48-28-11-10-23-43-25-18-36(32-43)40(39(41)46,34-13-6-4-7-14-34)35-15-8-5-9-16-35/h4-9,13-17,21,30,36-37H,3,10-12,18-20,22-29,31-32H2,1-2H3,(H2,41,46)/t36-/m1/s1. The van der Waals surface area contributed by atoms with E-state index in [0.29, 0.717) is 6.04 Å². The van der Waals surface area contributed by atoms with Crippen LogP contribution in [0.15, 0.2) is 79.1 Å². The molecule has 0 unspecified atom stereocenters. The molecular formula is C40H57N5O3. The van der Waals surface area contributed by atoms with Crippen LogP contribution in [-0.2, 0) is 21.5 Å². The summed E-state index contributed by atoms with van der Waals surface area (Å²) in [5.41, 5.74) is 8.61. The third-order valence-corrected chi connectivity index (χ3v) is 10.5. The molecule has 2 fully saturated rings. The number of piperidine rings is 1. The number of carbonyl (C=O) groups excluding carboxylic acids is 1. The molecule has 0 spiro atoms. The molecule has 0 radical (unpaired) electrons. The Balaban J connectivity index is 1.00. The van der Waals surface area contributed by atoms with Crippen LogP contribution < -0.4 is 10.5 Å². The van der Waals surface area contributed by atoms with Gasteiger partial charge in [-0.15, -0.1) is 0 Å². The van der Waals surface area contributed by atoms with Gasteiger partial charge in [0.15, 0.2) is 0 Å². The Morgan fingerprint density at radius 3 is 2.21 bits per heavy atom. The molecule has 2 saturated heterocycles. The highest BCUT2D eigenvalue weighted by atomic mass is 16.5. The third kappa shape index (κ3) is 9.03. The minimum atomic E-state index is -0.822. The molecule has 5 rings (SSSR count). The van der Waals surface area contributed by atoms with E-state index < -0.39 is 5.41 Å². The highest BCUT2D eigenvalue weighted by Crippen LogP contribution is 2.43. The Morgan fingerprint density at radius 1 is 0.896 bits per heavy atom. The maximum absolute atomic E-state index is 13.3. The maximum atomic E-state index is 13.3. The summed E-state index contributed by atoms with van der Waals surface area (Å²) in [5, 5.41) is 0. The predicted octanol–water partition coefficient (Wildman–Crippen LogP) is 5.75. The molecule has 260 valence electrons. The molecule has 8 nitrogen and oxygen atoms in total. The molecule has 0 bridgehead atoms. The van der Waals surface area contributed by atoms with E-state index in [1.54, 1.807) is 13.3 Å². The van der Waals surface area contributed by atoms with Crippen molar-refractivity contribution >= 4 is 5.91 Å². The average molecular weight is 656 g/mol. The van der Waals surface area contributed by atoms with E-state index >= 15 is 0 Å². The first kappa shape index (κ1) is 36.0. The van der Waals surface area contributed by atoms with E-state index in [1.807, 2.05) is 48.7 Å². The monoisotopic (exact) mass is 655 g/mol. The normalized spacial score (nSPS) is 18.0. The summed E-state index contributed by atoms with van der Waals surface area (Å²) >= 11 is 0. The summed E-state index contributed by atoms with van der Waals surface area (Å²) in [6.07, 6.45) is 11.5. The zero-order valence-electron chi connectivity index (χ0n) is 29.3. The van der Waals surface area contributed by atoms with Crippen molar-refractivity contribution in [1.82, 2.24) is 19.7 Å². The van der Waals surface area contributed by atoms with Crippen molar-refractivity contribution in [2.75, 3.05) is 66.1 Å². The zero-order valence-corrected chi connectivity index (χ0v) is 29.3. The summed E-state index contributed by atoms with van der Waals surface area (Å²) in [5.74, 6) is 0.808. The van der Waals surface area contributed by atoms with Crippen molar-refractivity contribution in [2.24, 2.45) is 11.7 Å². The number of aromatic nitrogens is 1. The van der Waals surface area contributed by atoms with Crippen LogP contribution in [0.25, 0.3) is 0 Å². The topological polar surface area (TPSA) is 84.2 Å². The quantitative estimate of drug-likeness (QED) is 0.165. The molecule has 0 saturated carbocycles. The van der Waals surface area contributed by atoms with Crippen LogP contribution in [0.2, 0.25) is 0 Å². The van der Waals surface area contributed by atoms with Gasteiger partial charge in [-0.1, -0.05) is 67.6 Å². The zero-order chi connectivity index (χ0) is 33.6. The molecule has 1 aromatic heterocycles. The van der Waals surface area contributed by atoms with Crippen molar-refractivity contribution in [3.05, 3.63) is 95.8 Å². The van der Waals surface area contributed by atoms with E-state index in [-0.39, 0.29) is 11.8 Å². The summed E-state index contributed by atoms with van der Waals surface area (Å²) in [6, 6.07) is 22.9. The first-order chi connectivity index (χ1) is 23.6. The molecule has 8 heteroatoms. The van der Waals surface area contributed by atoms with Crippen molar-refractivity contribution in [2.45, 2.75) is 69.9 Å². The second-order valence-electron chi connectivity index (χ2n) is 13.6. The molecule has 1 atom stereocenters. The second kappa shape index (κ2) is 18.5. The third-order valence-electron chi connectivity index (χ3n) is 10.5. The Morgan fingerprint density at radius 2 is 1.56 bits per heavy atom. The van der Waals surface area contributed by atoms with Crippen LogP contribution in [0.4, 0.5) is 0 Å². The van der Waals surface area contributed by atoms with Crippen LogP contribution >= 0.6 is 0 Å². The highest BCUT2D eigenvalue weighted by Gasteiger charge is 2.49. The molecule has 2 aliphatic rings. The molecule has 2 aromatic carbocycles. The first-order valence-corrected chi connectivity index (χ1v) is 18.2. The van der Waals surface area contributed by atoms with Crippen molar-refractivity contribution < 1.29 is 14.3 Å². The molecule has 2 aliphatic heterocycles. The number of likely N-dealkylation sites (tertiary alicyclic amines) is 2. The van der Waals surface area contributed by atoms with E-state index in [1.165, 1.54) is 24.8 Å². The lowest BCUT2D eigenvalue weighted by molar-refractivity contribution is -0.123. The number of unbranched alkanes of at least 4 members (excludes halogenated alkanes) is 1. The molecule has 3 aromatic rings. The number of hydrogen-bond donors (Lipinski definition) is 1. The number of methoxy groups -OCH3 is 1. The number of nitrogens with two attached hydrogens (primary N) is 1. The summed E-state index contributed by atoms with van der Waals surface area (Å²) in [6.45, 7) is 12.2. The number of primary amides is 1.